The zero-order chi connectivity index (χ0) is 24.2. The summed E-state index contributed by atoms with van der Waals surface area (Å²) in [4.78, 5) is 19.5. The van der Waals surface area contributed by atoms with Gasteiger partial charge in [0.1, 0.15) is 17.3 Å². The van der Waals surface area contributed by atoms with Gasteiger partial charge in [0.25, 0.3) is 5.69 Å². The first-order valence-electron chi connectivity index (χ1n) is 9.77. The molecular formula is C21H19ClF3N5O3. The van der Waals surface area contributed by atoms with E-state index in [9.17, 15) is 23.3 Å². The molecule has 33 heavy (non-hydrogen) atoms. The van der Waals surface area contributed by atoms with E-state index in [1.54, 1.807) is 6.07 Å². The molecule has 2 aromatic carbocycles. The van der Waals surface area contributed by atoms with Crippen LogP contribution in [0.1, 0.15) is 20.3 Å². The van der Waals surface area contributed by atoms with Gasteiger partial charge in [0.15, 0.2) is 0 Å². The summed E-state index contributed by atoms with van der Waals surface area (Å²) in [6, 6.07) is 10.8. The molecular weight excluding hydrogens is 463 g/mol. The summed E-state index contributed by atoms with van der Waals surface area (Å²) in [5.74, 6) is -0.0375. The molecule has 1 heterocycles. The van der Waals surface area contributed by atoms with E-state index in [-0.39, 0.29) is 39.9 Å². The van der Waals surface area contributed by atoms with Gasteiger partial charge in [-0.1, -0.05) is 30.7 Å². The third-order valence-corrected chi connectivity index (χ3v) is 4.73. The average molecular weight is 482 g/mol. The van der Waals surface area contributed by atoms with E-state index >= 15 is 0 Å². The lowest BCUT2D eigenvalue weighted by Crippen LogP contribution is -2.17. The molecule has 0 aliphatic heterocycles. The first-order chi connectivity index (χ1) is 15.5. The smallest absolute Gasteiger partial charge is 0.406 e. The van der Waals surface area contributed by atoms with Crippen LogP contribution < -0.4 is 15.4 Å². The van der Waals surface area contributed by atoms with Gasteiger partial charge in [-0.15, -0.1) is 13.2 Å². The molecule has 2 N–H and O–H groups in total. The Morgan fingerprint density at radius 1 is 1.18 bits per heavy atom. The van der Waals surface area contributed by atoms with Crippen LogP contribution in [0.2, 0.25) is 5.02 Å². The molecule has 0 unspecified atom stereocenters. The first kappa shape index (κ1) is 24.1. The largest absolute Gasteiger partial charge is 0.573 e. The summed E-state index contributed by atoms with van der Waals surface area (Å²) >= 11 is 5.99. The number of rotatable bonds is 8. The number of ether oxygens (including phenoxy) is 1. The summed E-state index contributed by atoms with van der Waals surface area (Å²) in [6.45, 7) is 3.86. The number of nitro groups is 1. The van der Waals surface area contributed by atoms with Crippen LogP contribution in [0.4, 0.5) is 36.3 Å². The highest BCUT2D eigenvalue weighted by molar-refractivity contribution is 6.31. The van der Waals surface area contributed by atoms with Crippen molar-refractivity contribution in [2.24, 2.45) is 0 Å². The van der Waals surface area contributed by atoms with E-state index in [1.807, 2.05) is 13.8 Å². The number of halogens is 4. The Bertz CT molecular complexity index is 1160. The Kier molecular flexibility index (Phi) is 7.22. The van der Waals surface area contributed by atoms with Crippen molar-refractivity contribution in [2.45, 2.75) is 32.7 Å². The fraction of sp³-hybridized carbons (Fsp3) is 0.238. The van der Waals surface area contributed by atoms with Crippen LogP contribution in [0.25, 0.3) is 11.3 Å². The van der Waals surface area contributed by atoms with Crippen LogP contribution in [-0.2, 0) is 0 Å². The van der Waals surface area contributed by atoms with E-state index in [0.717, 1.165) is 6.42 Å². The van der Waals surface area contributed by atoms with Crippen LogP contribution in [-0.4, -0.2) is 27.3 Å². The average Bonchev–Trinajstić information content (AvgIpc) is 2.72. The minimum atomic E-state index is -4.84. The van der Waals surface area contributed by atoms with Crippen LogP contribution in [0, 0.1) is 10.1 Å². The van der Waals surface area contributed by atoms with Gasteiger partial charge in [-0.05, 0) is 37.6 Å². The predicted molar refractivity (Wildman–Crippen MR) is 119 cm³/mol. The van der Waals surface area contributed by atoms with Crippen molar-refractivity contribution in [1.82, 2.24) is 9.97 Å². The molecule has 1 atom stereocenters. The van der Waals surface area contributed by atoms with Crippen molar-refractivity contribution in [3.8, 4) is 17.0 Å². The summed E-state index contributed by atoms with van der Waals surface area (Å²) in [5.41, 5.74) is 0.475. The Morgan fingerprint density at radius 3 is 2.61 bits per heavy atom. The minimum absolute atomic E-state index is 0.00602. The van der Waals surface area contributed by atoms with Crippen LogP contribution in [0.3, 0.4) is 0 Å². The number of nitrogens with zero attached hydrogens (tertiary/aromatic N) is 3. The number of benzene rings is 2. The Morgan fingerprint density at radius 2 is 1.94 bits per heavy atom. The minimum Gasteiger partial charge on any atom is -0.406 e. The van der Waals surface area contributed by atoms with E-state index in [0.29, 0.717) is 5.56 Å². The zero-order valence-corrected chi connectivity index (χ0v) is 18.2. The van der Waals surface area contributed by atoms with Crippen molar-refractivity contribution in [3.63, 3.8) is 0 Å². The Balaban J connectivity index is 2.05. The van der Waals surface area contributed by atoms with E-state index in [1.165, 1.54) is 42.5 Å². The molecule has 1 aromatic heterocycles. The second-order valence-corrected chi connectivity index (χ2v) is 7.47. The van der Waals surface area contributed by atoms with Gasteiger partial charge >= 0.3 is 6.36 Å². The third-order valence-electron chi connectivity index (χ3n) is 4.50. The second kappa shape index (κ2) is 9.90. The van der Waals surface area contributed by atoms with Gasteiger partial charge in [0, 0.05) is 28.8 Å². The van der Waals surface area contributed by atoms with Gasteiger partial charge < -0.3 is 15.4 Å². The van der Waals surface area contributed by atoms with Crippen molar-refractivity contribution >= 4 is 34.7 Å². The number of nitrogens with one attached hydrogen (secondary N) is 2. The molecule has 0 saturated heterocycles. The first-order valence-corrected chi connectivity index (χ1v) is 10.1. The van der Waals surface area contributed by atoms with E-state index in [2.05, 4.69) is 25.3 Å². The van der Waals surface area contributed by atoms with Crippen LogP contribution >= 0.6 is 11.6 Å². The summed E-state index contributed by atoms with van der Waals surface area (Å²) in [7, 11) is 0. The fourth-order valence-corrected chi connectivity index (χ4v) is 2.98. The van der Waals surface area contributed by atoms with Crippen molar-refractivity contribution < 1.29 is 22.8 Å². The van der Waals surface area contributed by atoms with Crippen molar-refractivity contribution in [2.75, 3.05) is 10.6 Å². The van der Waals surface area contributed by atoms with Gasteiger partial charge in [0.05, 0.1) is 10.6 Å². The molecule has 3 rings (SSSR count). The van der Waals surface area contributed by atoms with Crippen LogP contribution in [0.15, 0.2) is 48.5 Å². The summed E-state index contributed by atoms with van der Waals surface area (Å²) in [6.07, 6.45) is -4.09. The van der Waals surface area contributed by atoms with Gasteiger partial charge in [0.2, 0.25) is 5.95 Å². The second-order valence-electron chi connectivity index (χ2n) is 7.03. The number of anilines is 3. The molecule has 0 saturated carbocycles. The maximum Gasteiger partial charge on any atom is 0.573 e. The number of hydrogen-bond acceptors (Lipinski definition) is 7. The Hall–Kier alpha value is -3.60. The summed E-state index contributed by atoms with van der Waals surface area (Å²) < 4.78 is 41.9. The lowest BCUT2D eigenvalue weighted by atomic mass is 10.1. The van der Waals surface area contributed by atoms with Gasteiger partial charge in [-0.3, -0.25) is 10.1 Å². The standard InChI is InChI=1S/C21H19ClF3N5O3/c1-3-12(2)26-20-28-16(13-5-4-6-15(9-13)33-21(23,24)25)11-19(29-20)27-17-10-14(22)7-8-18(17)30(31)32/h4-12H,3H2,1-2H3,(H2,26,27,28,29)/t12-/m0/s1. The van der Waals surface area contributed by atoms with E-state index in [4.69, 9.17) is 11.6 Å². The van der Waals surface area contributed by atoms with Crippen molar-refractivity contribution in [1.29, 1.82) is 0 Å². The predicted octanol–water partition coefficient (Wildman–Crippen LogP) is 6.56. The molecule has 0 amide bonds. The van der Waals surface area contributed by atoms with Gasteiger partial charge in [-0.2, -0.15) is 4.98 Å². The molecule has 0 fully saturated rings. The monoisotopic (exact) mass is 481 g/mol. The van der Waals surface area contributed by atoms with Crippen molar-refractivity contribution in [3.05, 3.63) is 63.7 Å². The molecule has 0 radical (unpaired) electrons. The lowest BCUT2D eigenvalue weighted by molar-refractivity contribution is -0.383. The topological polar surface area (TPSA) is 102 Å². The van der Waals surface area contributed by atoms with E-state index < -0.39 is 17.0 Å². The zero-order valence-electron chi connectivity index (χ0n) is 17.5. The SMILES string of the molecule is CC[C@H](C)Nc1nc(Nc2cc(Cl)ccc2[N+](=O)[O-])cc(-c2cccc(OC(F)(F)F)c2)n1. The maximum atomic E-state index is 12.6. The summed E-state index contributed by atoms with van der Waals surface area (Å²) in [5, 5.41) is 17.6. The number of nitro benzene ring substituents is 1. The van der Waals surface area contributed by atoms with Gasteiger partial charge in [-0.25, -0.2) is 4.98 Å². The highest BCUT2D eigenvalue weighted by atomic mass is 35.5. The number of aromatic nitrogens is 2. The molecule has 3 aromatic rings. The molecule has 12 heteroatoms. The molecule has 8 nitrogen and oxygen atoms in total. The third kappa shape index (κ3) is 6.69. The Labute approximate surface area is 191 Å². The molecule has 0 aliphatic carbocycles. The highest BCUT2D eigenvalue weighted by Gasteiger charge is 2.31. The fourth-order valence-electron chi connectivity index (χ4n) is 2.80. The molecule has 0 bridgehead atoms. The molecule has 0 spiro atoms. The maximum absolute atomic E-state index is 12.6. The quantitative estimate of drug-likeness (QED) is 0.277. The molecule has 0 aliphatic rings. The lowest BCUT2D eigenvalue weighted by Gasteiger charge is -2.15. The highest BCUT2D eigenvalue weighted by Crippen LogP contribution is 2.32. The molecule has 174 valence electrons. The number of alkyl halides is 3. The number of hydrogen-bond donors (Lipinski definition) is 2. The normalized spacial score (nSPS) is 12.2. The van der Waals surface area contributed by atoms with Crippen LogP contribution in [0.5, 0.6) is 5.75 Å².